The van der Waals surface area contributed by atoms with Crippen molar-refractivity contribution < 1.29 is 4.74 Å². The van der Waals surface area contributed by atoms with Gasteiger partial charge < -0.3 is 4.74 Å². The van der Waals surface area contributed by atoms with Gasteiger partial charge in [0.2, 0.25) is 0 Å². The van der Waals surface area contributed by atoms with Crippen LogP contribution >= 0.6 is 31.9 Å². The minimum atomic E-state index is 0.287. The molecule has 0 spiro atoms. The molecule has 0 aliphatic heterocycles. The fraction of sp³-hybridized carbons (Fsp3) is 0.571. The Kier molecular flexibility index (Phi) is 6.75. The summed E-state index contributed by atoms with van der Waals surface area (Å²) in [5.74, 6) is 0. The van der Waals surface area contributed by atoms with Gasteiger partial charge in [-0.3, -0.25) is 0 Å². The van der Waals surface area contributed by atoms with Crippen LogP contribution in [0.3, 0.4) is 0 Å². The zero-order valence-corrected chi connectivity index (χ0v) is 13.7. The number of benzene rings is 1. The predicted molar refractivity (Wildman–Crippen MR) is 80.6 cm³/mol. The fourth-order valence-electron chi connectivity index (χ4n) is 1.65. The molecule has 0 heterocycles. The molecule has 0 fully saturated rings. The highest BCUT2D eigenvalue weighted by atomic mass is 79.9. The highest BCUT2D eigenvalue weighted by Gasteiger charge is 2.24. The second-order valence-electron chi connectivity index (χ2n) is 4.46. The Morgan fingerprint density at radius 3 is 2.18 bits per heavy atom. The van der Waals surface area contributed by atoms with Crippen LogP contribution in [-0.2, 0) is 11.3 Å². The molecule has 0 radical (unpaired) electrons. The monoisotopic (exact) mass is 362 g/mol. The van der Waals surface area contributed by atoms with E-state index in [2.05, 4.69) is 70.0 Å². The van der Waals surface area contributed by atoms with Gasteiger partial charge in [-0.15, -0.1) is 0 Å². The molecule has 1 nitrogen and oxygen atoms in total. The highest BCUT2D eigenvalue weighted by Crippen LogP contribution is 2.29. The van der Waals surface area contributed by atoms with Crippen molar-refractivity contribution in [1.29, 1.82) is 0 Å². The lowest BCUT2D eigenvalue weighted by Gasteiger charge is -2.29. The van der Waals surface area contributed by atoms with Crippen molar-refractivity contribution in [3.05, 3.63) is 34.3 Å². The molecule has 0 aromatic heterocycles. The van der Waals surface area contributed by atoms with Gasteiger partial charge >= 0.3 is 0 Å². The van der Waals surface area contributed by atoms with Crippen LogP contribution in [0.1, 0.15) is 32.3 Å². The Bertz CT molecular complexity index is 309. The largest absolute Gasteiger partial charge is 0.376 e. The van der Waals surface area contributed by atoms with E-state index in [9.17, 15) is 0 Å². The smallest absolute Gasteiger partial charge is 0.0717 e. The first-order chi connectivity index (χ1) is 8.15. The molecular formula is C14H20Br2O. The van der Waals surface area contributed by atoms with Crippen LogP contribution in [0.25, 0.3) is 0 Å². The van der Waals surface area contributed by atoms with Crippen molar-refractivity contribution in [1.82, 2.24) is 0 Å². The summed E-state index contributed by atoms with van der Waals surface area (Å²) in [6.45, 7) is 5.98. The van der Waals surface area contributed by atoms with E-state index in [1.807, 2.05) is 0 Å². The SMILES string of the molecule is CCC(CC)(CBr)COCc1ccc(Br)cc1. The van der Waals surface area contributed by atoms with Crippen LogP contribution in [0.5, 0.6) is 0 Å². The zero-order valence-electron chi connectivity index (χ0n) is 10.5. The summed E-state index contributed by atoms with van der Waals surface area (Å²) in [7, 11) is 0. The van der Waals surface area contributed by atoms with E-state index in [-0.39, 0.29) is 5.41 Å². The molecule has 0 amide bonds. The first-order valence-electron chi connectivity index (χ1n) is 6.04. The van der Waals surface area contributed by atoms with E-state index in [1.54, 1.807) is 0 Å². The molecule has 1 rings (SSSR count). The topological polar surface area (TPSA) is 9.23 Å². The summed E-state index contributed by atoms with van der Waals surface area (Å²) in [6, 6.07) is 8.29. The fourth-order valence-corrected chi connectivity index (χ4v) is 2.87. The van der Waals surface area contributed by atoms with E-state index in [0.717, 1.165) is 29.3 Å². The van der Waals surface area contributed by atoms with Gasteiger partial charge in [0.15, 0.2) is 0 Å². The summed E-state index contributed by atoms with van der Waals surface area (Å²) in [5.41, 5.74) is 1.51. The van der Waals surface area contributed by atoms with Crippen LogP contribution in [0.2, 0.25) is 0 Å². The van der Waals surface area contributed by atoms with Gasteiger partial charge in [-0.2, -0.15) is 0 Å². The molecule has 0 unspecified atom stereocenters. The Morgan fingerprint density at radius 2 is 1.71 bits per heavy atom. The molecule has 0 N–H and O–H groups in total. The maximum Gasteiger partial charge on any atom is 0.0717 e. The first kappa shape index (κ1) is 15.2. The lowest BCUT2D eigenvalue weighted by atomic mass is 9.86. The van der Waals surface area contributed by atoms with Crippen molar-refractivity contribution >= 4 is 31.9 Å². The summed E-state index contributed by atoms with van der Waals surface area (Å²) in [5, 5.41) is 1.01. The summed E-state index contributed by atoms with van der Waals surface area (Å²) < 4.78 is 6.96. The third-order valence-electron chi connectivity index (χ3n) is 3.37. The molecule has 0 bridgehead atoms. The highest BCUT2D eigenvalue weighted by molar-refractivity contribution is 9.10. The van der Waals surface area contributed by atoms with Crippen LogP contribution in [0.15, 0.2) is 28.7 Å². The molecule has 1 aromatic carbocycles. The average Bonchev–Trinajstić information content (AvgIpc) is 2.38. The van der Waals surface area contributed by atoms with E-state index in [0.29, 0.717) is 6.61 Å². The maximum atomic E-state index is 5.85. The number of ether oxygens (including phenoxy) is 1. The Balaban J connectivity index is 2.43. The Hall–Kier alpha value is 0.140. The lowest BCUT2D eigenvalue weighted by Crippen LogP contribution is -2.27. The van der Waals surface area contributed by atoms with E-state index < -0.39 is 0 Å². The van der Waals surface area contributed by atoms with Crippen molar-refractivity contribution in [3.63, 3.8) is 0 Å². The third kappa shape index (κ3) is 4.72. The molecule has 3 heteroatoms. The van der Waals surface area contributed by atoms with Crippen molar-refractivity contribution in [3.8, 4) is 0 Å². The van der Waals surface area contributed by atoms with Crippen LogP contribution in [-0.4, -0.2) is 11.9 Å². The number of hydrogen-bond donors (Lipinski definition) is 0. The average molecular weight is 364 g/mol. The Morgan fingerprint density at radius 1 is 1.12 bits per heavy atom. The van der Waals surface area contributed by atoms with Gasteiger partial charge in [0.1, 0.15) is 0 Å². The minimum Gasteiger partial charge on any atom is -0.376 e. The molecule has 17 heavy (non-hydrogen) atoms. The van der Waals surface area contributed by atoms with Crippen LogP contribution in [0, 0.1) is 5.41 Å². The number of hydrogen-bond acceptors (Lipinski definition) is 1. The number of halogens is 2. The van der Waals surface area contributed by atoms with E-state index >= 15 is 0 Å². The normalized spacial score (nSPS) is 11.8. The molecule has 0 saturated carbocycles. The van der Waals surface area contributed by atoms with Crippen molar-refractivity contribution in [2.45, 2.75) is 33.3 Å². The Labute approximate surface area is 121 Å². The summed E-state index contributed by atoms with van der Waals surface area (Å²) in [6.07, 6.45) is 2.30. The lowest BCUT2D eigenvalue weighted by molar-refractivity contribution is 0.0413. The van der Waals surface area contributed by atoms with Gasteiger partial charge in [-0.1, -0.05) is 57.8 Å². The standard InChI is InChI=1S/C14H20Br2O/c1-3-14(4-2,10-15)11-17-9-12-5-7-13(16)8-6-12/h5-8H,3-4,9-11H2,1-2H3. The number of alkyl halides is 1. The summed E-state index contributed by atoms with van der Waals surface area (Å²) in [4.78, 5) is 0. The third-order valence-corrected chi connectivity index (χ3v) is 5.09. The van der Waals surface area contributed by atoms with Crippen molar-refractivity contribution in [2.75, 3.05) is 11.9 Å². The molecule has 0 aliphatic rings. The van der Waals surface area contributed by atoms with Gasteiger partial charge in [0.05, 0.1) is 13.2 Å². The molecule has 1 aromatic rings. The maximum absolute atomic E-state index is 5.85. The minimum absolute atomic E-state index is 0.287. The first-order valence-corrected chi connectivity index (χ1v) is 7.95. The van der Waals surface area contributed by atoms with Gasteiger partial charge in [0, 0.05) is 15.2 Å². The van der Waals surface area contributed by atoms with Crippen LogP contribution in [0.4, 0.5) is 0 Å². The predicted octanol–water partition coefficient (Wildman–Crippen LogP) is 5.17. The molecule has 96 valence electrons. The quantitative estimate of drug-likeness (QED) is 0.607. The second-order valence-corrected chi connectivity index (χ2v) is 5.94. The van der Waals surface area contributed by atoms with Gasteiger partial charge in [0.25, 0.3) is 0 Å². The molecule has 0 aliphatic carbocycles. The zero-order chi connectivity index (χ0) is 12.7. The van der Waals surface area contributed by atoms with Gasteiger partial charge in [-0.05, 0) is 30.5 Å². The second kappa shape index (κ2) is 7.55. The van der Waals surface area contributed by atoms with E-state index in [4.69, 9.17) is 4.74 Å². The van der Waals surface area contributed by atoms with Gasteiger partial charge in [-0.25, -0.2) is 0 Å². The molecule has 0 atom stereocenters. The van der Waals surface area contributed by atoms with E-state index in [1.165, 1.54) is 5.56 Å². The number of rotatable bonds is 7. The molecular weight excluding hydrogens is 344 g/mol. The van der Waals surface area contributed by atoms with Crippen LogP contribution < -0.4 is 0 Å². The summed E-state index contributed by atoms with van der Waals surface area (Å²) >= 11 is 7.04. The van der Waals surface area contributed by atoms with Crippen molar-refractivity contribution in [2.24, 2.45) is 5.41 Å². The molecule has 0 saturated heterocycles.